The summed E-state index contributed by atoms with van der Waals surface area (Å²) in [7, 11) is 1.47. The number of anilines is 1. The summed E-state index contributed by atoms with van der Waals surface area (Å²) < 4.78 is 19.5. The van der Waals surface area contributed by atoms with E-state index in [1.807, 2.05) is 30.3 Å². The van der Waals surface area contributed by atoms with Crippen molar-refractivity contribution in [3.8, 4) is 5.75 Å². The fourth-order valence-corrected chi connectivity index (χ4v) is 6.48. The van der Waals surface area contributed by atoms with Gasteiger partial charge in [-0.05, 0) is 65.3 Å². The number of nitro groups is 1. The molecule has 1 fully saturated rings. The molecule has 2 aliphatic rings. The Morgan fingerprint density at radius 1 is 1.11 bits per heavy atom. The molecule has 2 amide bonds. The summed E-state index contributed by atoms with van der Waals surface area (Å²) in [5, 5.41) is 43.2. The van der Waals surface area contributed by atoms with E-state index in [-0.39, 0.29) is 30.8 Å². The van der Waals surface area contributed by atoms with Gasteiger partial charge in [-0.2, -0.15) is 0 Å². The molecule has 1 saturated heterocycles. The van der Waals surface area contributed by atoms with E-state index in [1.165, 1.54) is 37.4 Å². The van der Waals surface area contributed by atoms with Crippen LogP contribution in [0.15, 0.2) is 83.9 Å². The highest BCUT2D eigenvalue weighted by atomic mass is 19.1. The molecule has 0 radical (unpaired) electrons. The van der Waals surface area contributed by atoms with Gasteiger partial charge in [-0.1, -0.05) is 48.5 Å². The number of aliphatic hydroxyl groups excluding tert-OH is 2. The predicted octanol–water partition coefficient (Wildman–Crippen LogP) is 4.88. The second-order valence-corrected chi connectivity index (χ2v) is 11.2. The molecule has 0 saturated carbocycles. The Hall–Kier alpha value is -4.71. The number of allylic oxidation sites excluding steroid dienone is 1. The van der Waals surface area contributed by atoms with Gasteiger partial charge in [0.1, 0.15) is 0 Å². The molecule has 234 valence electrons. The van der Waals surface area contributed by atoms with E-state index >= 15 is 0 Å². The number of amides is 2. The van der Waals surface area contributed by atoms with Gasteiger partial charge in [0.15, 0.2) is 11.6 Å². The molecular formula is C34H33FN2O8. The first-order chi connectivity index (χ1) is 21.6. The van der Waals surface area contributed by atoms with Crippen molar-refractivity contribution in [3.63, 3.8) is 0 Å². The number of carbonyl (C=O) groups is 2. The van der Waals surface area contributed by atoms with Crippen molar-refractivity contribution in [2.45, 2.75) is 25.4 Å². The Balaban J connectivity index is 1.45. The Morgan fingerprint density at radius 2 is 1.87 bits per heavy atom. The lowest BCUT2D eigenvalue weighted by Gasteiger charge is -2.36. The van der Waals surface area contributed by atoms with Crippen molar-refractivity contribution < 1.29 is 39.0 Å². The second-order valence-electron chi connectivity index (χ2n) is 11.2. The smallest absolute Gasteiger partial charge is 0.271 e. The Kier molecular flexibility index (Phi) is 9.52. The Morgan fingerprint density at radius 3 is 2.53 bits per heavy atom. The van der Waals surface area contributed by atoms with Gasteiger partial charge in [0.2, 0.25) is 11.8 Å². The molecule has 0 spiro atoms. The highest BCUT2D eigenvalue weighted by Gasteiger charge is 2.55. The van der Waals surface area contributed by atoms with Gasteiger partial charge in [-0.3, -0.25) is 19.7 Å². The molecular weight excluding hydrogens is 583 g/mol. The van der Waals surface area contributed by atoms with Gasteiger partial charge in [0.05, 0.1) is 41.8 Å². The molecule has 5 rings (SSSR count). The average Bonchev–Trinajstić information content (AvgIpc) is 3.29. The molecule has 3 aromatic carbocycles. The fraction of sp³-hybridized carbons (Fsp3) is 0.294. The normalized spacial score (nSPS) is 20.8. The number of hydrogen-bond acceptors (Lipinski definition) is 8. The third-order valence-corrected chi connectivity index (χ3v) is 8.50. The van der Waals surface area contributed by atoms with Crippen LogP contribution in [0.5, 0.6) is 5.75 Å². The molecule has 3 aromatic rings. The van der Waals surface area contributed by atoms with Crippen LogP contribution in [-0.2, 0) is 14.3 Å². The first-order valence-electron chi connectivity index (χ1n) is 14.5. The predicted molar refractivity (Wildman–Crippen MR) is 164 cm³/mol. The SMILES string of the molecule is COCC1=C([C@H](O)CC/C(=C/c2ccc(O)c(F)c2)c2ccccc2)[C@H](CO)[C@@H]2C(=O)N(c3cccc([N+](=O)[O-])c3)C(=O)[C@@H]2C1. The fourth-order valence-electron chi connectivity index (χ4n) is 6.48. The zero-order chi connectivity index (χ0) is 32.2. The van der Waals surface area contributed by atoms with Crippen molar-refractivity contribution >= 4 is 34.8 Å². The van der Waals surface area contributed by atoms with Crippen LogP contribution in [0.4, 0.5) is 15.8 Å². The molecule has 1 heterocycles. The minimum atomic E-state index is -1.12. The number of aliphatic hydroxyl groups is 2. The quantitative estimate of drug-likeness (QED) is 0.0907. The number of methoxy groups -OCH3 is 1. The molecule has 1 aliphatic carbocycles. The number of hydrogen-bond donors (Lipinski definition) is 3. The summed E-state index contributed by atoms with van der Waals surface area (Å²) in [5.41, 5.74) is 2.99. The van der Waals surface area contributed by atoms with Crippen LogP contribution in [0.2, 0.25) is 0 Å². The van der Waals surface area contributed by atoms with Crippen LogP contribution in [0.25, 0.3) is 11.6 Å². The zero-order valence-electron chi connectivity index (χ0n) is 24.5. The summed E-state index contributed by atoms with van der Waals surface area (Å²) >= 11 is 0. The number of rotatable bonds is 11. The number of nitrogens with zero attached hydrogens (tertiary/aromatic N) is 2. The van der Waals surface area contributed by atoms with Crippen molar-refractivity contribution in [1.29, 1.82) is 0 Å². The first kappa shape index (κ1) is 31.7. The number of phenols is 1. The van der Waals surface area contributed by atoms with Gasteiger partial charge in [-0.25, -0.2) is 9.29 Å². The van der Waals surface area contributed by atoms with E-state index < -0.39 is 58.8 Å². The zero-order valence-corrected chi connectivity index (χ0v) is 24.5. The molecule has 45 heavy (non-hydrogen) atoms. The first-order valence-corrected chi connectivity index (χ1v) is 14.5. The highest BCUT2D eigenvalue weighted by Crippen LogP contribution is 2.47. The largest absolute Gasteiger partial charge is 0.505 e. The number of nitro benzene ring substituents is 1. The summed E-state index contributed by atoms with van der Waals surface area (Å²) in [6.07, 6.45) is 1.27. The number of imide groups is 1. The summed E-state index contributed by atoms with van der Waals surface area (Å²) in [6.45, 7) is -0.449. The lowest BCUT2D eigenvalue weighted by atomic mass is 9.68. The highest BCUT2D eigenvalue weighted by molar-refractivity contribution is 6.22. The molecule has 1 aliphatic heterocycles. The number of aromatic hydroxyl groups is 1. The topological polar surface area (TPSA) is 150 Å². The molecule has 4 atom stereocenters. The maximum atomic E-state index is 14.1. The summed E-state index contributed by atoms with van der Waals surface area (Å²) in [6, 6.07) is 18.7. The van der Waals surface area contributed by atoms with E-state index in [4.69, 9.17) is 4.74 Å². The average molecular weight is 617 g/mol. The van der Waals surface area contributed by atoms with Gasteiger partial charge < -0.3 is 20.1 Å². The third-order valence-electron chi connectivity index (χ3n) is 8.50. The van der Waals surface area contributed by atoms with Gasteiger partial charge >= 0.3 is 0 Å². The van der Waals surface area contributed by atoms with Crippen LogP contribution >= 0.6 is 0 Å². The standard InChI is InChI=1S/C34H33FN2O8/c1-45-19-23-16-26-32(34(42)36(33(26)41)24-8-5-9-25(17-24)37(43)44)27(18-38)31(23)30(40)13-11-22(21-6-3-2-4-7-21)14-20-10-12-29(39)28(35)15-20/h2-10,12,14-15,17,26-27,30,32,38-40H,11,13,16,18-19H2,1H3/b22-14-/t26-,27+,30-,32-/m1/s1. The number of non-ortho nitro benzene ring substituents is 1. The maximum absolute atomic E-state index is 14.1. The molecule has 0 bridgehead atoms. The van der Waals surface area contributed by atoms with E-state index in [0.717, 1.165) is 22.1 Å². The summed E-state index contributed by atoms with van der Waals surface area (Å²) in [4.78, 5) is 39.0. The number of carbonyl (C=O) groups excluding carboxylic acids is 2. The molecule has 11 heteroatoms. The monoisotopic (exact) mass is 616 g/mol. The molecule has 0 aromatic heterocycles. The number of ether oxygens (including phenoxy) is 1. The van der Waals surface area contributed by atoms with Gasteiger partial charge in [0.25, 0.3) is 5.69 Å². The number of fused-ring (bicyclic) bond motifs is 1. The number of halogens is 1. The minimum Gasteiger partial charge on any atom is -0.505 e. The lowest BCUT2D eigenvalue weighted by molar-refractivity contribution is -0.384. The minimum absolute atomic E-state index is 0.0680. The summed E-state index contributed by atoms with van der Waals surface area (Å²) in [5.74, 6) is -5.04. The van der Waals surface area contributed by atoms with Crippen LogP contribution in [-0.4, -0.2) is 58.5 Å². The number of benzene rings is 3. The molecule has 0 unspecified atom stereocenters. The number of phenolic OH excluding ortho intramolecular Hbond substituents is 1. The Bertz CT molecular complexity index is 1670. The van der Waals surface area contributed by atoms with Gasteiger partial charge in [0, 0.05) is 25.2 Å². The van der Waals surface area contributed by atoms with Crippen LogP contribution in [0, 0.1) is 33.7 Å². The van der Waals surface area contributed by atoms with Crippen molar-refractivity contribution in [2.75, 3.05) is 25.2 Å². The van der Waals surface area contributed by atoms with Crippen molar-refractivity contribution in [3.05, 3.63) is 111 Å². The second kappa shape index (κ2) is 13.5. The van der Waals surface area contributed by atoms with Crippen molar-refractivity contribution in [1.82, 2.24) is 0 Å². The van der Waals surface area contributed by atoms with E-state index in [1.54, 1.807) is 12.1 Å². The van der Waals surface area contributed by atoms with Crippen LogP contribution in [0.3, 0.4) is 0 Å². The maximum Gasteiger partial charge on any atom is 0.271 e. The van der Waals surface area contributed by atoms with E-state index in [2.05, 4.69) is 0 Å². The lowest BCUT2D eigenvalue weighted by Crippen LogP contribution is -2.39. The van der Waals surface area contributed by atoms with E-state index in [0.29, 0.717) is 23.1 Å². The van der Waals surface area contributed by atoms with Gasteiger partial charge in [-0.15, -0.1) is 0 Å². The van der Waals surface area contributed by atoms with Crippen molar-refractivity contribution in [2.24, 2.45) is 17.8 Å². The Labute approximate surface area is 258 Å². The van der Waals surface area contributed by atoms with E-state index in [9.17, 15) is 39.4 Å². The van der Waals surface area contributed by atoms with Crippen LogP contribution in [0.1, 0.15) is 30.4 Å². The van der Waals surface area contributed by atoms with Crippen LogP contribution < -0.4 is 4.90 Å². The molecule has 3 N–H and O–H groups in total. The third kappa shape index (κ3) is 6.41. The molecule has 10 nitrogen and oxygen atoms in total.